The predicted molar refractivity (Wildman–Crippen MR) is 82.0 cm³/mol. The quantitative estimate of drug-likeness (QED) is 0.457. The van der Waals surface area contributed by atoms with E-state index in [0.717, 1.165) is 5.56 Å². The third kappa shape index (κ3) is 7.37. The summed E-state index contributed by atoms with van der Waals surface area (Å²) in [5.74, 6) is -0.445. The summed E-state index contributed by atoms with van der Waals surface area (Å²) >= 11 is 3.68. The molecule has 0 amide bonds. The molecule has 0 aliphatic heterocycles. The molecule has 0 heterocycles. The third-order valence-electron chi connectivity index (χ3n) is 2.64. The normalized spacial score (nSPS) is 12.8. The van der Waals surface area contributed by atoms with Crippen molar-refractivity contribution < 1.29 is 19.2 Å². The molecule has 1 aromatic carbocycles. The first-order chi connectivity index (χ1) is 9.52. The highest BCUT2D eigenvalue weighted by Crippen LogP contribution is 2.15. The Bertz CT molecular complexity index is 383. The van der Waals surface area contributed by atoms with Crippen LogP contribution in [-0.2, 0) is 11.2 Å². The molecule has 0 bridgehead atoms. The van der Waals surface area contributed by atoms with Gasteiger partial charge in [0, 0.05) is 12.9 Å². The number of carbonyl (C=O) groups is 1. The lowest BCUT2D eigenvalue weighted by atomic mass is 10.0. The van der Waals surface area contributed by atoms with E-state index in [1.165, 1.54) is 0 Å². The molecule has 6 heteroatoms. The van der Waals surface area contributed by atoms with Gasteiger partial charge in [-0.1, -0.05) is 26.0 Å². The van der Waals surface area contributed by atoms with Gasteiger partial charge >= 0.3 is 5.97 Å². The van der Waals surface area contributed by atoms with Crippen molar-refractivity contribution in [2.45, 2.75) is 45.3 Å². The number of hydrogen-bond acceptors (Lipinski definition) is 5. The molecule has 0 radical (unpaired) electrons. The number of aryl methyl sites for hydroxylation is 1. The Morgan fingerprint density at radius 2 is 1.90 bits per heavy atom. The van der Waals surface area contributed by atoms with Gasteiger partial charge in [0.1, 0.15) is 11.8 Å². The zero-order valence-corrected chi connectivity index (χ0v) is 12.7. The van der Waals surface area contributed by atoms with E-state index in [-0.39, 0.29) is 6.42 Å². The number of carboxylic acid groups (broad SMARTS) is 1. The molecule has 20 heavy (non-hydrogen) atoms. The van der Waals surface area contributed by atoms with Crippen molar-refractivity contribution in [3.63, 3.8) is 0 Å². The number of rotatable bonds is 7. The molecule has 0 saturated carbocycles. The monoisotopic (exact) mass is 301 g/mol. The van der Waals surface area contributed by atoms with Gasteiger partial charge in [0.05, 0.1) is 6.10 Å². The van der Waals surface area contributed by atoms with Crippen molar-refractivity contribution in [2.24, 2.45) is 5.73 Å². The molecule has 2 unspecified atom stereocenters. The van der Waals surface area contributed by atoms with Crippen LogP contribution in [0.3, 0.4) is 0 Å². The maximum absolute atomic E-state index is 10.5. The molecule has 0 aromatic heterocycles. The summed E-state index contributed by atoms with van der Waals surface area (Å²) in [7, 11) is 0. The Labute approximate surface area is 125 Å². The second kappa shape index (κ2) is 10.5. The molecular formula is C14H23NO4S. The SMILES string of the molecule is CC.NC(CC(O)CCc1ccc(OS)cc1)C(=O)O. The fraction of sp³-hybridized carbons (Fsp3) is 0.500. The molecule has 2 atom stereocenters. The predicted octanol–water partition coefficient (Wildman–Crippen LogP) is 2.03. The highest BCUT2D eigenvalue weighted by atomic mass is 32.1. The van der Waals surface area contributed by atoms with Crippen LogP contribution in [0.15, 0.2) is 24.3 Å². The average Bonchev–Trinajstić information content (AvgIpc) is 2.47. The molecule has 0 spiro atoms. The zero-order chi connectivity index (χ0) is 15.5. The van der Waals surface area contributed by atoms with Gasteiger partial charge in [0.2, 0.25) is 0 Å². The minimum absolute atomic E-state index is 0.0627. The summed E-state index contributed by atoms with van der Waals surface area (Å²) in [4.78, 5) is 10.5. The van der Waals surface area contributed by atoms with Crippen LogP contribution < -0.4 is 9.92 Å². The Balaban J connectivity index is 0.00000172. The fourth-order valence-electron chi connectivity index (χ4n) is 1.56. The Morgan fingerprint density at radius 1 is 1.35 bits per heavy atom. The summed E-state index contributed by atoms with van der Waals surface area (Å²) < 4.78 is 4.74. The Kier molecular flexibility index (Phi) is 9.88. The van der Waals surface area contributed by atoms with Gasteiger partial charge in [-0.05, 0) is 37.0 Å². The smallest absolute Gasteiger partial charge is 0.320 e. The summed E-state index contributed by atoms with van der Waals surface area (Å²) in [6.45, 7) is 4.00. The number of hydrogen-bond donors (Lipinski definition) is 4. The van der Waals surface area contributed by atoms with E-state index in [4.69, 9.17) is 15.0 Å². The molecule has 0 saturated heterocycles. The third-order valence-corrected chi connectivity index (χ3v) is 2.85. The van der Waals surface area contributed by atoms with E-state index in [2.05, 4.69) is 12.9 Å². The average molecular weight is 301 g/mol. The van der Waals surface area contributed by atoms with Crippen LogP contribution >= 0.6 is 12.9 Å². The van der Waals surface area contributed by atoms with Gasteiger partial charge in [-0.3, -0.25) is 4.79 Å². The van der Waals surface area contributed by atoms with Crippen LogP contribution in [0.1, 0.15) is 32.3 Å². The Morgan fingerprint density at radius 3 is 2.35 bits per heavy atom. The Hall–Kier alpha value is -1.24. The summed E-state index contributed by atoms with van der Waals surface area (Å²) in [6.07, 6.45) is 0.479. The maximum atomic E-state index is 10.5. The van der Waals surface area contributed by atoms with Gasteiger partial charge in [-0.25, -0.2) is 0 Å². The highest BCUT2D eigenvalue weighted by molar-refractivity contribution is 7.75. The molecule has 1 rings (SSSR count). The minimum atomic E-state index is -1.09. The first kappa shape index (κ1) is 18.8. The molecule has 114 valence electrons. The molecule has 0 aliphatic carbocycles. The lowest BCUT2D eigenvalue weighted by Crippen LogP contribution is -2.34. The largest absolute Gasteiger partial charge is 0.480 e. The lowest BCUT2D eigenvalue weighted by molar-refractivity contribution is -0.139. The summed E-state index contributed by atoms with van der Waals surface area (Å²) in [5, 5.41) is 18.3. The molecule has 4 N–H and O–H groups in total. The van der Waals surface area contributed by atoms with Crippen LogP contribution in [0, 0.1) is 0 Å². The first-order valence-corrected chi connectivity index (χ1v) is 6.96. The number of thiol groups is 1. The van der Waals surface area contributed by atoms with E-state index < -0.39 is 18.1 Å². The van der Waals surface area contributed by atoms with E-state index in [0.29, 0.717) is 18.6 Å². The van der Waals surface area contributed by atoms with E-state index >= 15 is 0 Å². The van der Waals surface area contributed by atoms with Gasteiger partial charge in [-0.15, -0.1) is 0 Å². The maximum Gasteiger partial charge on any atom is 0.320 e. The van der Waals surface area contributed by atoms with Gasteiger partial charge in [0.25, 0.3) is 0 Å². The summed E-state index contributed by atoms with van der Waals surface area (Å²) in [5.41, 5.74) is 6.37. The number of aliphatic carboxylic acids is 1. The van der Waals surface area contributed by atoms with Crippen LogP contribution in [0.5, 0.6) is 5.75 Å². The van der Waals surface area contributed by atoms with Gasteiger partial charge in [0.15, 0.2) is 0 Å². The first-order valence-electron chi connectivity index (χ1n) is 6.59. The standard InChI is InChI=1S/C12H17NO4S.C2H6/c13-11(12(15)16)7-9(14)4-1-8-2-5-10(17-18)6-3-8;1-2/h2-3,5-6,9,11,14,18H,1,4,7,13H2,(H,15,16);1-2H3. The van der Waals surface area contributed by atoms with Gasteiger partial charge in [-0.2, -0.15) is 0 Å². The van der Waals surface area contributed by atoms with Crippen molar-refractivity contribution in [3.05, 3.63) is 29.8 Å². The fourth-order valence-corrected chi connectivity index (χ4v) is 1.68. The van der Waals surface area contributed by atoms with Crippen molar-refractivity contribution in [3.8, 4) is 5.75 Å². The van der Waals surface area contributed by atoms with Crippen molar-refractivity contribution in [1.82, 2.24) is 0 Å². The molecular weight excluding hydrogens is 278 g/mol. The van der Waals surface area contributed by atoms with E-state index in [9.17, 15) is 9.90 Å². The minimum Gasteiger partial charge on any atom is -0.480 e. The molecule has 5 nitrogen and oxygen atoms in total. The van der Waals surface area contributed by atoms with E-state index in [1.54, 1.807) is 12.1 Å². The van der Waals surface area contributed by atoms with Crippen molar-refractivity contribution >= 4 is 18.9 Å². The van der Waals surface area contributed by atoms with Crippen LogP contribution in [0.25, 0.3) is 0 Å². The zero-order valence-electron chi connectivity index (χ0n) is 11.8. The van der Waals surface area contributed by atoms with Crippen molar-refractivity contribution in [2.75, 3.05) is 0 Å². The number of nitrogens with two attached hydrogens (primary N) is 1. The second-order valence-electron chi connectivity index (χ2n) is 4.11. The molecule has 0 aliphatic rings. The highest BCUT2D eigenvalue weighted by Gasteiger charge is 2.16. The lowest BCUT2D eigenvalue weighted by Gasteiger charge is -2.13. The number of carboxylic acids is 1. The van der Waals surface area contributed by atoms with Crippen molar-refractivity contribution in [1.29, 1.82) is 0 Å². The molecule has 0 fully saturated rings. The number of benzene rings is 1. The number of aliphatic hydroxyl groups excluding tert-OH is 1. The van der Waals surface area contributed by atoms with Crippen LogP contribution in [0.4, 0.5) is 0 Å². The topological polar surface area (TPSA) is 92.8 Å². The summed E-state index contributed by atoms with van der Waals surface area (Å²) in [6, 6.07) is 6.28. The van der Waals surface area contributed by atoms with Gasteiger partial charge < -0.3 is 20.1 Å². The van der Waals surface area contributed by atoms with Crippen LogP contribution in [-0.4, -0.2) is 28.3 Å². The second-order valence-corrected chi connectivity index (χ2v) is 4.29. The molecule has 1 aromatic rings. The number of aliphatic hydroxyl groups is 1. The van der Waals surface area contributed by atoms with E-state index in [1.807, 2.05) is 26.0 Å². The van der Waals surface area contributed by atoms with Crippen LogP contribution in [0.2, 0.25) is 0 Å².